The Kier molecular flexibility index (Phi) is 6.21. The van der Waals surface area contributed by atoms with E-state index in [2.05, 4.69) is 21.7 Å². The molecule has 0 aromatic carbocycles. The lowest BCUT2D eigenvalue weighted by Gasteiger charge is -2.41. The van der Waals surface area contributed by atoms with Crippen LogP contribution in [0.4, 0.5) is 0 Å². The van der Waals surface area contributed by atoms with Crippen LogP contribution >= 0.6 is 12.2 Å². The van der Waals surface area contributed by atoms with E-state index in [4.69, 9.17) is 12.2 Å². The molecule has 0 spiro atoms. The third-order valence-corrected chi connectivity index (χ3v) is 6.24. The van der Waals surface area contributed by atoms with Gasteiger partial charge in [-0.25, -0.2) is 0 Å². The van der Waals surface area contributed by atoms with E-state index in [1.165, 1.54) is 77.0 Å². The second kappa shape index (κ2) is 8.36. The van der Waals surface area contributed by atoms with Gasteiger partial charge in [-0.15, -0.1) is 0 Å². The summed E-state index contributed by atoms with van der Waals surface area (Å²) in [4.78, 5) is 4.80. The van der Waals surface area contributed by atoms with Crippen LogP contribution in [0.5, 0.6) is 0 Å². The van der Waals surface area contributed by atoms with Crippen LogP contribution in [-0.4, -0.2) is 40.1 Å². The first kappa shape index (κ1) is 17.1. The molecule has 23 heavy (non-hydrogen) atoms. The number of hydrogen-bond acceptors (Lipinski definition) is 2. The third-order valence-electron chi connectivity index (χ3n) is 5.79. The zero-order chi connectivity index (χ0) is 16.1. The molecular formula is C19H33N3S. The molecule has 3 aliphatic rings. The number of thiocarbonyl (C=S) groups is 1. The summed E-state index contributed by atoms with van der Waals surface area (Å²) in [5.74, 6) is 1.07. The molecule has 1 aliphatic heterocycles. The molecule has 130 valence electrons. The number of nitrogens with one attached hydrogen (secondary N) is 1. The first-order valence-corrected chi connectivity index (χ1v) is 10.2. The van der Waals surface area contributed by atoms with E-state index in [1.807, 2.05) is 0 Å². The van der Waals surface area contributed by atoms with Crippen molar-refractivity contribution in [2.24, 2.45) is 0 Å². The Morgan fingerprint density at radius 1 is 0.870 bits per heavy atom. The van der Waals surface area contributed by atoms with Gasteiger partial charge in [-0.1, -0.05) is 45.1 Å². The summed E-state index contributed by atoms with van der Waals surface area (Å²) < 4.78 is 0. The van der Waals surface area contributed by atoms with Crippen molar-refractivity contribution >= 4 is 17.3 Å². The molecule has 0 bridgehead atoms. The fourth-order valence-electron chi connectivity index (χ4n) is 4.44. The first-order chi connectivity index (χ1) is 11.3. The van der Waals surface area contributed by atoms with Crippen molar-refractivity contribution in [3.8, 4) is 0 Å². The predicted molar refractivity (Wildman–Crippen MR) is 101 cm³/mol. The van der Waals surface area contributed by atoms with Gasteiger partial charge in [0.25, 0.3) is 0 Å². The van der Waals surface area contributed by atoms with Crippen LogP contribution in [0.3, 0.4) is 0 Å². The average Bonchev–Trinajstić information content (AvgIpc) is 3.11. The van der Waals surface area contributed by atoms with E-state index in [1.54, 1.807) is 0 Å². The Morgan fingerprint density at radius 3 is 2.04 bits per heavy atom. The van der Waals surface area contributed by atoms with Crippen molar-refractivity contribution in [2.75, 3.05) is 13.1 Å². The largest absolute Gasteiger partial charge is 0.369 e. The zero-order valence-electron chi connectivity index (χ0n) is 14.6. The van der Waals surface area contributed by atoms with Crippen LogP contribution in [0.25, 0.3) is 0 Å². The summed E-state index contributed by atoms with van der Waals surface area (Å²) >= 11 is 5.91. The van der Waals surface area contributed by atoms with E-state index < -0.39 is 0 Å². The van der Waals surface area contributed by atoms with Gasteiger partial charge in [0, 0.05) is 25.2 Å². The van der Waals surface area contributed by atoms with Crippen molar-refractivity contribution in [3.05, 3.63) is 12.4 Å². The van der Waals surface area contributed by atoms with E-state index in [9.17, 15) is 0 Å². The minimum atomic E-state index is 0.556. The normalized spacial score (nSPS) is 23.7. The molecule has 3 rings (SSSR count). The van der Waals surface area contributed by atoms with Crippen LogP contribution in [0, 0.1) is 0 Å². The quantitative estimate of drug-likeness (QED) is 0.767. The maximum Gasteiger partial charge on any atom is 0.177 e. The van der Waals surface area contributed by atoms with Gasteiger partial charge >= 0.3 is 0 Å². The number of nitrogens with zero attached hydrogens (tertiary/aromatic N) is 2. The molecule has 0 radical (unpaired) electrons. The van der Waals surface area contributed by atoms with Gasteiger partial charge in [-0.3, -0.25) is 0 Å². The standard InChI is InChI=1S/C19H33N3S/c1-16(20-17-10-4-2-5-11-17)22(18-12-6-3-7-13-18)19(23)21-14-8-9-15-21/h17-18,20H,1-15H2. The lowest BCUT2D eigenvalue weighted by molar-refractivity contribution is 0.241. The highest BCUT2D eigenvalue weighted by Crippen LogP contribution is 2.28. The monoisotopic (exact) mass is 335 g/mol. The Hall–Kier alpha value is -0.770. The maximum absolute atomic E-state index is 5.91. The Bertz CT molecular complexity index is 405. The molecule has 3 fully saturated rings. The minimum Gasteiger partial charge on any atom is -0.369 e. The zero-order valence-corrected chi connectivity index (χ0v) is 15.4. The van der Waals surface area contributed by atoms with E-state index in [-0.39, 0.29) is 0 Å². The molecule has 1 N–H and O–H groups in total. The highest BCUT2D eigenvalue weighted by Gasteiger charge is 2.30. The smallest absolute Gasteiger partial charge is 0.177 e. The molecule has 0 amide bonds. The van der Waals surface area contributed by atoms with Crippen LogP contribution < -0.4 is 5.32 Å². The minimum absolute atomic E-state index is 0.556. The fourth-order valence-corrected chi connectivity index (χ4v) is 4.89. The SMILES string of the molecule is C=C(NC1CCCCC1)N(C(=S)N1CCCC1)C1CCCCC1. The van der Waals surface area contributed by atoms with Gasteiger partial charge < -0.3 is 15.1 Å². The number of likely N-dealkylation sites (tertiary alicyclic amines) is 1. The maximum atomic E-state index is 5.91. The average molecular weight is 336 g/mol. The molecule has 1 heterocycles. The second-order valence-corrected chi connectivity index (χ2v) is 7.93. The van der Waals surface area contributed by atoms with Crippen molar-refractivity contribution in [1.29, 1.82) is 0 Å². The highest BCUT2D eigenvalue weighted by atomic mass is 32.1. The molecule has 0 aromatic rings. The van der Waals surface area contributed by atoms with Crippen molar-refractivity contribution in [3.63, 3.8) is 0 Å². The summed E-state index contributed by atoms with van der Waals surface area (Å²) in [6.07, 6.45) is 15.8. The molecule has 1 saturated heterocycles. The molecule has 0 unspecified atom stereocenters. The molecule has 4 heteroatoms. The van der Waals surface area contributed by atoms with Crippen molar-refractivity contribution < 1.29 is 0 Å². The van der Waals surface area contributed by atoms with Crippen molar-refractivity contribution in [1.82, 2.24) is 15.1 Å². The van der Waals surface area contributed by atoms with Crippen LogP contribution in [-0.2, 0) is 0 Å². The highest BCUT2D eigenvalue weighted by molar-refractivity contribution is 7.80. The van der Waals surface area contributed by atoms with Crippen LogP contribution in [0.2, 0.25) is 0 Å². The summed E-state index contributed by atoms with van der Waals surface area (Å²) in [5.41, 5.74) is 0. The molecule has 2 saturated carbocycles. The van der Waals surface area contributed by atoms with Crippen LogP contribution in [0.1, 0.15) is 77.0 Å². The van der Waals surface area contributed by atoms with Crippen LogP contribution in [0.15, 0.2) is 12.4 Å². The summed E-state index contributed by atoms with van der Waals surface area (Å²) in [6.45, 7) is 6.66. The summed E-state index contributed by atoms with van der Waals surface area (Å²) in [6, 6.07) is 1.16. The van der Waals surface area contributed by atoms with Gasteiger partial charge in [0.05, 0.1) is 0 Å². The summed E-state index contributed by atoms with van der Waals surface area (Å²) in [7, 11) is 0. The van der Waals surface area contributed by atoms with Gasteiger partial charge in [-0.05, 0) is 50.7 Å². The fraction of sp³-hybridized carbons (Fsp3) is 0.842. The van der Waals surface area contributed by atoms with Gasteiger partial charge in [-0.2, -0.15) is 0 Å². The predicted octanol–water partition coefficient (Wildman–Crippen LogP) is 4.40. The molecule has 2 aliphatic carbocycles. The molecular weight excluding hydrogens is 302 g/mol. The lowest BCUT2D eigenvalue weighted by atomic mass is 9.94. The third kappa shape index (κ3) is 4.40. The molecule has 0 aromatic heterocycles. The Morgan fingerprint density at radius 2 is 1.43 bits per heavy atom. The Balaban J connectivity index is 1.67. The second-order valence-electron chi connectivity index (χ2n) is 7.56. The van der Waals surface area contributed by atoms with E-state index in [0.717, 1.165) is 24.0 Å². The number of hydrogen-bond donors (Lipinski definition) is 1. The first-order valence-electron chi connectivity index (χ1n) is 9.79. The summed E-state index contributed by atoms with van der Waals surface area (Å²) in [5, 5.41) is 4.77. The van der Waals surface area contributed by atoms with Gasteiger partial charge in [0.2, 0.25) is 0 Å². The van der Waals surface area contributed by atoms with Crippen molar-refractivity contribution in [2.45, 2.75) is 89.1 Å². The Labute approximate surface area is 147 Å². The van der Waals surface area contributed by atoms with Gasteiger partial charge in [0.15, 0.2) is 5.11 Å². The lowest BCUT2D eigenvalue weighted by Crippen LogP contribution is -2.51. The van der Waals surface area contributed by atoms with E-state index in [0.29, 0.717) is 12.1 Å². The topological polar surface area (TPSA) is 18.5 Å². The molecule has 3 nitrogen and oxygen atoms in total. The molecule has 0 atom stereocenters. The van der Waals surface area contributed by atoms with E-state index >= 15 is 0 Å². The van der Waals surface area contributed by atoms with Gasteiger partial charge in [0.1, 0.15) is 5.82 Å². The number of rotatable bonds is 4.